The lowest BCUT2D eigenvalue weighted by Gasteiger charge is -2.29. The van der Waals surface area contributed by atoms with E-state index in [1.165, 1.54) is 30.5 Å². The van der Waals surface area contributed by atoms with Crippen LogP contribution in [0.1, 0.15) is 30.0 Å². The maximum atomic E-state index is 13.0. The molecule has 0 bridgehead atoms. The van der Waals surface area contributed by atoms with E-state index < -0.39 is 0 Å². The fraction of sp³-hybridized carbons (Fsp3) is 0.417. The molecule has 32 heavy (non-hydrogen) atoms. The number of hydrogen-bond donors (Lipinski definition) is 3. The zero-order valence-electron chi connectivity index (χ0n) is 18.5. The number of hydrogen-bond acceptors (Lipinski definition) is 3. The molecule has 0 radical (unpaired) electrons. The number of halogens is 2. The van der Waals surface area contributed by atoms with Crippen LogP contribution in [0.25, 0.3) is 0 Å². The number of likely N-dealkylation sites (tertiary alicyclic amines) is 1. The maximum absolute atomic E-state index is 13.0. The summed E-state index contributed by atoms with van der Waals surface area (Å²) in [6, 6.07) is 16.9. The van der Waals surface area contributed by atoms with Gasteiger partial charge in [-0.05, 0) is 49.2 Å². The van der Waals surface area contributed by atoms with Crippen LogP contribution in [-0.2, 0) is 11.2 Å². The van der Waals surface area contributed by atoms with E-state index in [9.17, 15) is 9.18 Å². The van der Waals surface area contributed by atoms with Crippen LogP contribution in [0.5, 0.6) is 0 Å². The molecule has 1 saturated heterocycles. The molecule has 1 fully saturated rings. The van der Waals surface area contributed by atoms with Gasteiger partial charge in [0.05, 0.1) is 12.5 Å². The summed E-state index contributed by atoms with van der Waals surface area (Å²) >= 11 is 0. The van der Waals surface area contributed by atoms with Crippen LogP contribution >= 0.6 is 24.0 Å². The molecular formula is C24H33FIN5O. The Kier molecular flexibility index (Phi) is 11.4. The number of rotatable bonds is 9. The zero-order chi connectivity index (χ0) is 21.9. The van der Waals surface area contributed by atoms with E-state index >= 15 is 0 Å². The monoisotopic (exact) mass is 553 g/mol. The number of aliphatic imine (C=N–C) groups is 1. The molecule has 3 N–H and O–H groups in total. The second-order valence-corrected chi connectivity index (χ2v) is 7.70. The quantitative estimate of drug-likeness (QED) is 0.193. The van der Waals surface area contributed by atoms with E-state index in [0.717, 1.165) is 25.2 Å². The van der Waals surface area contributed by atoms with Gasteiger partial charge in [-0.3, -0.25) is 14.7 Å². The molecule has 0 spiro atoms. The van der Waals surface area contributed by atoms with Gasteiger partial charge in [0, 0.05) is 26.7 Å². The maximum Gasteiger partial charge on any atom is 0.224 e. The van der Waals surface area contributed by atoms with Crippen molar-refractivity contribution in [3.8, 4) is 0 Å². The molecule has 0 aromatic heterocycles. The highest BCUT2D eigenvalue weighted by molar-refractivity contribution is 14.0. The van der Waals surface area contributed by atoms with Crippen molar-refractivity contribution in [3.63, 3.8) is 0 Å². The van der Waals surface area contributed by atoms with Crippen molar-refractivity contribution in [2.24, 2.45) is 4.99 Å². The number of nitrogens with zero attached hydrogens (tertiary/aromatic N) is 2. The molecule has 1 aliphatic heterocycles. The minimum atomic E-state index is -0.300. The predicted octanol–water partition coefficient (Wildman–Crippen LogP) is 3.10. The normalized spacial score (nSPS) is 15.0. The molecule has 6 nitrogen and oxygen atoms in total. The van der Waals surface area contributed by atoms with Crippen LogP contribution in [0.2, 0.25) is 0 Å². The second-order valence-electron chi connectivity index (χ2n) is 7.70. The Morgan fingerprint density at radius 2 is 1.66 bits per heavy atom. The first-order chi connectivity index (χ1) is 15.2. The summed E-state index contributed by atoms with van der Waals surface area (Å²) in [5.41, 5.74) is 2.10. The smallest absolute Gasteiger partial charge is 0.224 e. The van der Waals surface area contributed by atoms with E-state index in [2.05, 4.69) is 50.1 Å². The highest BCUT2D eigenvalue weighted by Gasteiger charge is 2.23. The molecule has 3 rings (SSSR count). The first kappa shape index (κ1) is 26.1. The second kappa shape index (κ2) is 14.1. The van der Waals surface area contributed by atoms with Gasteiger partial charge in [0.2, 0.25) is 5.91 Å². The van der Waals surface area contributed by atoms with E-state index in [1.54, 1.807) is 19.2 Å². The van der Waals surface area contributed by atoms with Crippen molar-refractivity contribution in [2.75, 3.05) is 39.8 Å². The van der Waals surface area contributed by atoms with Crippen LogP contribution in [0, 0.1) is 5.82 Å². The predicted molar refractivity (Wildman–Crippen MR) is 138 cm³/mol. The number of guanidine groups is 1. The van der Waals surface area contributed by atoms with E-state index in [4.69, 9.17) is 0 Å². The minimum absolute atomic E-state index is 0. The van der Waals surface area contributed by atoms with Gasteiger partial charge in [0.25, 0.3) is 0 Å². The van der Waals surface area contributed by atoms with Gasteiger partial charge in [0.15, 0.2) is 5.96 Å². The van der Waals surface area contributed by atoms with Crippen molar-refractivity contribution >= 4 is 35.8 Å². The van der Waals surface area contributed by atoms with Crippen molar-refractivity contribution in [3.05, 3.63) is 71.5 Å². The Morgan fingerprint density at radius 3 is 2.31 bits per heavy atom. The lowest BCUT2D eigenvalue weighted by atomic mass is 10.1. The standard InChI is InChI=1S/C24H32FN5O.HI/c1-26-24(28-14-13-27-23(31)17-19-9-11-21(25)12-10-19)29-18-22(30-15-5-6-16-30)20-7-3-2-4-8-20;/h2-4,7-12,22H,5-6,13-18H2,1H3,(H,27,31)(H2,26,28,29);1H. The molecule has 1 atom stereocenters. The molecule has 1 unspecified atom stereocenters. The van der Waals surface area contributed by atoms with Gasteiger partial charge in [-0.25, -0.2) is 4.39 Å². The molecular weight excluding hydrogens is 520 g/mol. The summed E-state index contributed by atoms with van der Waals surface area (Å²) in [4.78, 5) is 18.9. The fourth-order valence-electron chi connectivity index (χ4n) is 3.83. The molecule has 0 aliphatic carbocycles. The summed E-state index contributed by atoms with van der Waals surface area (Å²) in [5, 5.41) is 9.55. The molecule has 1 heterocycles. The summed E-state index contributed by atoms with van der Waals surface area (Å²) in [6.07, 6.45) is 2.73. The highest BCUT2D eigenvalue weighted by Crippen LogP contribution is 2.24. The number of carbonyl (C=O) groups is 1. The first-order valence-corrected chi connectivity index (χ1v) is 10.9. The van der Waals surface area contributed by atoms with Crippen molar-refractivity contribution in [1.82, 2.24) is 20.9 Å². The van der Waals surface area contributed by atoms with E-state index in [-0.39, 0.29) is 42.1 Å². The molecule has 2 aromatic rings. The van der Waals surface area contributed by atoms with Crippen molar-refractivity contribution in [1.29, 1.82) is 0 Å². The first-order valence-electron chi connectivity index (χ1n) is 10.9. The number of amides is 1. The lowest BCUT2D eigenvalue weighted by Crippen LogP contribution is -2.44. The van der Waals surface area contributed by atoms with Crippen LogP contribution < -0.4 is 16.0 Å². The Bertz CT molecular complexity index is 841. The molecule has 174 valence electrons. The third-order valence-electron chi connectivity index (χ3n) is 5.47. The number of nitrogens with one attached hydrogen (secondary N) is 3. The Balaban J connectivity index is 0.00000363. The average molecular weight is 553 g/mol. The number of benzene rings is 2. The summed E-state index contributed by atoms with van der Waals surface area (Å²) in [5.74, 6) is 0.328. The van der Waals surface area contributed by atoms with Gasteiger partial charge >= 0.3 is 0 Å². The van der Waals surface area contributed by atoms with Crippen LogP contribution in [0.15, 0.2) is 59.6 Å². The van der Waals surface area contributed by atoms with Crippen molar-refractivity contribution in [2.45, 2.75) is 25.3 Å². The largest absolute Gasteiger partial charge is 0.355 e. The zero-order valence-corrected chi connectivity index (χ0v) is 20.8. The topological polar surface area (TPSA) is 68.8 Å². The van der Waals surface area contributed by atoms with E-state index in [0.29, 0.717) is 25.1 Å². The molecule has 2 aromatic carbocycles. The lowest BCUT2D eigenvalue weighted by molar-refractivity contribution is -0.120. The SMILES string of the molecule is CN=C(NCCNC(=O)Cc1ccc(F)cc1)NCC(c1ccccc1)N1CCCC1.I. The van der Waals surface area contributed by atoms with E-state index in [1.807, 2.05) is 6.07 Å². The Morgan fingerprint density at radius 1 is 1.00 bits per heavy atom. The summed E-state index contributed by atoms with van der Waals surface area (Å²) < 4.78 is 13.0. The Labute approximate surface area is 207 Å². The van der Waals surface area contributed by atoms with Gasteiger partial charge in [-0.2, -0.15) is 0 Å². The van der Waals surface area contributed by atoms with Crippen LogP contribution in [-0.4, -0.2) is 56.5 Å². The van der Waals surface area contributed by atoms with Crippen LogP contribution in [0.3, 0.4) is 0 Å². The molecule has 1 amide bonds. The molecule has 8 heteroatoms. The van der Waals surface area contributed by atoms with Gasteiger partial charge in [-0.15, -0.1) is 24.0 Å². The van der Waals surface area contributed by atoms with Crippen molar-refractivity contribution < 1.29 is 9.18 Å². The molecule has 1 aliphatic rings. The number of carbonyl (C=O) groups excluding carboxylic acids is 1. The van der Waals surface area contributed by atoms with Gasteiger partial charge < -0.3 is 16.0 Å². The third-order valence-corrected chi connectivity index (χ3v) is 5.47. The summed E-state index contributed by atoms with van der Waals surface area (Å²) in [6.45, 7) is 4.05. The minimum Gasteiger partial charge on any atom is -0.355 e. The highest BCUT2D eigenvalue weighted by atomic mass is 127. The van der Waals surface area contributed by atoms with Gasteiger partial charge in [0.1, 0.15) is 5.82 Å². The fourth-order valence-corrected chi connectivity index (χ4v) is 3.83. The average Bonchev–Trinajstić information content (AvgIpc) is 3.32. The molecule has 0 saturated carbocycles. The Hall–Kier alpha value is -2.20. The summed E-state index contributed by atoms with van der Waals surface area (Å²) in [7, 11) is 1.75. The van der Waals surface area contributed by atoms with Gasteiger partial charge in [-0.1, -0.05) is 42.5 Å². The van der Waals surface area contributed by atoms with Crippen LogP contribution in [0.4, 0.5) is 4.39 Å². The third kappa shape index (κ3) is 8.38.